The average molecular weight is 461 g/mol. The minimum absolute atomic E-state index is 1.13. The van der Waals surface area contributed by atoms with Crippen LogP contribution in [0.4, 0.5) is 0 Å². The molecule has 4 aromatic carbocycles. The quantitative estimate of drug-likeness (QED) is 0.175. The van der Waals surface area contributed by atoms with Gasteiger partial charge in [0, 0.05) is 65.9 Å². The summed E-state index contributed by atoms with van der Waals surface area (Å²) in [5.41, 5.74) is 14.0. The fourth-order valence-electron chi connectivity index (χ4n) is 6.36. The van der Waals surface area contributed by atoms with Gasteiger partial charge in [0.15, 0.2) is 0 Å². The van der Waals surface area contributed by atoms with E-state index in [0.29, 0.717) is 0 Å². The summed E-state index contributed by atoms with van der Waals surface area (Å²) in [5, 5.41) is 4.90. The first-order valence-corrected chi connectivity index (χ1v) is 12.3. The van der Waals surface area contributed by atoms with Crippen LogP contribution >= 0.6 is 0 Å². The summed E-state index contributed by atoms with van der Waals surface area (Å²) in [7, 11) is 0. The van der Waals surface area contributed by atoms with E-state index in [9.17, 15) is 0 Å². The van der Waals surface area contributed by atoms with Crippen LogP contribution in [0.15, 0.2) is 97.1 Å². The molecule has 4 aromatic heterocycles. The molecule has 1 aliphatic rings. The number of aromatic nitrogens is 4. The van der Waals surface area contributed by atoms with Gasteiger partial charge >= 0.3 is 0 Å². The number of aromatic amines is 4. The average Bonchev–Trinajstić information content (AvgIpc) is 3.66. The third-order valence-electron chi connectivity index (χ3n) is 7.82. The highest BCUT2D eigenvalue weighted by atomic mass is 14.9. The van der Waals surface area contributed by atoms with Gasteiger partial charge in [0.05, 0.1) is 22.8 Å². The lowest BCUT2D eigenvalue weighted by Gasteiger charge is -2.15. The summed E-state index contributed by atoms with van der Waals surface area (Å²) in [5.74, 6) is 0. The summed E-state index contributed by atoms with van der Waals surface area (Å²) in [4.78, 5) is 15.2. The smallest absolute Gasteiger partial charge is 0.0717 e. The molecule has 4 nitrogen and oxygen atoms in total. The third-order valence-corrected chi connectivity index (χ3v) is 7.82. The van der Waals surface area contributed by atoms with Crippen molar-refractivity contribution >= 4 is 43.6 Å². The normalized spacial score (nSPS) is 12.4. The molecule has 4 N–H and O–H groups in total. The lowest BCUT2D eigenvalue weighted by molar-refractivity contribution is 1.35. The Bertz CT molecular complexity index is 1850. The molecule has 0 amide bonds. The Morgan fingerprint density at radius 1 is 0.278 bits per heavy atom. The molecule has 0 radical (unpaired) electrons. The highest BCUT2D eigenvalue weighted by Gasteiger charge is 2.32. The van der Waals surface area contributed by atoms with Crippen molar-refractivity contribution in [3.8, 4) is 45.0 Å². The maximum absolute atomic E-state index is 3.81. The second-order valence-corrected chi connectivity index (χ2v) is 9.68. The number of nitrogens with one attached hydrogen (secondary N) is 4. The fourth-order valence-corrected chi connectivity index (χ4v) is 6.36. The fraction of sp³-hybridized carbons (Fsp3) is 0. The van der Waals surface area contributed by atoms with Gasteiger partial charge < -0.3 is 19.9 Å². The molecule has 4 heteroatoms. The number of H-pyrrole nitrogens is 4. The molecule has 0 fully saturated rings. The zero-order chi connectivity index (χ0) is 23.4. The van der Waals surface area contributed by atoms with E-state index >= 15 is 0 Å². The summed E-state index contributed by atoms with van der Waals surface area (Å²) in [6.07, 6.45) is 0. The topological polar surface area (TPSA) is 63.2 Å². The first-order valence-electron chi connectivity index (χ1n) is 12.3. The molecular weight excluding hydrogens is 440 g/mol. The van der Waals surface area contributed by atoms with Crippen LogP contribution in [0.1, 0.15) is 0 Å². The Hall–Kier alpha value is -4.96. The molecule has 36 heavy (non-hydrogen) atoms. The molecule has 0 unspecified atom stereocenters. The van der Waals surface area contributed by atoms with Gasteiger partial charge in [0.1, 0.15) is 0 Å². The minimum Gasteiger partial charge on any atom is -0.353 e. The Morgan fingerprint density at radius 3 is 0.750 bits per heavy atom. The molecule has 0 aliphatic heterocycles. The highest BCUT2D eigenvalue weighted by molar-refractivity contribution is 6.22. The Labute approximate surface area is 205 Å². The van der Waals surface area contributed by atoms with Crippen LogP contribution in [-0.2, 0) is 0 Å². The van der Waals surface area contributed by atoms with Crippen LogP contribution in [0.25, 0.3) is 88.6 Å². The van der Waals surface area contributed by atoms with Crippen molar-refractivity contribution in [2.75, 3.05) is 0 Å². The largest absolute Gasteiger partial charge is 0.353 e. The van der Waals surface area contributed by atoms with Gasteiger partial charge in [-0.1, -0.05) is 72.8 Å². The molecule has 0 atom stereocenters. The van der Waals surface area contributed by atoms with Crippen LogP contribution < -0.4 is 0 Å². The predicted octanol–water partition coefficient (Wildman–Crippen LogP) is 8.59. The maximum Gasteiger partial charge on any atom is 0.0717 e. The van der Waals surface area contributed by atoms with Crippen LogP contribution in [0, 0.1) is 0 Å². The number of para-hydroxylation sites is 4. The van der Waals surface area contributed by atoms with E-state index in [1.54, 1.807) is 0 Å². The van der Waals surface area contributed by atoms with Crippen molar-refractivity contribution in [3.63, 3.8) is 0 Å². The molecule has 0 saturated carbocycles. The minimum atomic E-state index is 1.13. The Balaban J connectivity index is 1.61. The SMILES string of the molecule is c1ccc2c3c([nH]c2c1)-c1[nH]c2ccccc2c1-c1c([nH]c2ccccc12)-c1[nH]c2ccccc2c1-3. The third kappa shape index (κ3) is 2.15. The van der Waals surface area contributed by atoms with E-state index in [1.165, 1.54) is 43.8 Å². The van der Waals surface area contributed by atoms with Crippen LogP contribution in [-0.4, -0.2) is 19.9 Å². The van der Waals surface area contributed by atoms with Crippen molar-refractivity contribution in [1.82, 2.24) is 19.9 Å². The first kappa shape index (κ1) is 18.4. The zero-order valence-corrected chi connectivity index (χ0v) is 19.2. The standard InChI is InChI=1S/C32H20N4/c1-5-13-21-17(9-1)25-26-18-10-2-6-14-22(18)34-30(26)32-28(20-12-4-8-16-24(20)36-32)27-19-11-3-7-15-23(19)35-31(27)29(25)33-21/h1-16,33-36H. The molecule has 0 spiro atoms. The summed E-state index contributed by atoms with van der Waals surface area (Å²) in [6, 6.07) is 34.5. The number of hydrogen-bond donors (Lipinski definition) is 4. The molecule has 1 aliphatic carbocycles. The van der Waals surface area contributed by atoms with Gasteiger partial charge in [-0.3, -0.25) is 0 Å². The van der Waals surface area contributed by atoms with Gasteiger partial charge in [0.2, 0.25) is 0 Å². The lowest BCUT2D eigenvalue weighted by atomic mass is 9.88. The van der Waals surface area contributed by atoms with Gasteiger partial charge in [0.25, 0.3) is 0 Å². The van der Waals surface area contributed by atoms with Crippen LogP contribution in [0.3, 0.4) is 0 Å². The first-order chi connectivity index (χ1) is 17.9. The van der Waals surface area contributed by atoms with E-state index in [-0.39, 0.29) is 0 Å². The monoisotopic (exact) mass is 460 g/mol. The van der Waals surface area contributed by atoms with Crippen molar-refractivity contribution in [2.24, 2.45) is 0 Å². The van der Waals surface area contributed by atoms with Gasteiger partial charge in [-0.15, -0.1) is 0 Å². The van der Waals surface area contributed by atoms with E-state index < -0.39 is 0 Å². The Kier molecular flexibility index (Phi) is 3.25. The second-order valence-electron chi connectivity index (χ2n) is 9.68. The number of benzene rings is 4. The van der Waals surface area contributed by atoms with Crippen molar-refractivity contribution < 1.29 is 0 Å². The molecule has 8 aromatic rings. The van der Waals surface area contributed by atoms with E-state index in [1.807, 2.05) is 0 Å². The number of rotatable bonds is 0. The molecule has 0 bridgehead atoms. The predicted molar refractivity (Wildman–Crippen MR) is 149 cm³/mol. The second kappa shape index (κ2) is 6.37. The number of hydrogen-bond acceptors (Lipinski definition) is 0. The van der Waals surface area contributed by atoms with Crippen molar-refractivity contribution in [1.29, 1.82) is 0 Å². The van der Waals surface area contributed by atoms with Crippen molar-refractivity contribution in [2.45, 2.75) is 0 Å². The van der Waals surface area contributed by atoms with Gasteiger partial charge in [-0.25, -0.2) is 0 Å². The van der Waals surface area contributed by atoms with Crippen LogP contribution in [0.5, 0.6) is 0 Å². The summed E-state index contributed by atoms with van der Waals surface area (Å²) >= 11 is 0. The van der Waals surface area contributed by atoms with Crippen LogP contribution in [0.2, 0.25) is 0 Å². The van der Waals surface area contributed by atoms with E-state index in [0.717, 1.165) is 44.8 Å². The maximum atomic E-state index is 3.81. The highest BCUT2D eigenvalue weighted by Crippen LogP contribution is 2.54. The summed E-state index contributed by atoms with van der Waals surface area (Å²) in [6.45, 7) is 0. The van der Waals surface area contributed by atoms with E-state index in [2.05, 4.69) is 117 Å². The zero-order valence-electron chi connectivity index (χ0n) is 19.2. The lowest BCUT2D eigenvalue weighted by Crippen LogP contribution is -1.93. The number of fused-ring (bicyclic) bond motifs is 16. The molecule has 0 saturated heterocycles. The van der Waals surface area contributed by atoms with Gasteiger partial charge in [-0.05, 0) is 24.3 Å². The van der Waals surface area contributed by atoms with E-state index in [4.69, 9.17) is 0 Å². The molecule has 4 heterocycles. The molecular formula is C32H20N4. The molecule has 9 rings (SSSR count). The van der Waals surface area contributed by atoms with Crippen molar-refractivity contribution in [3.05, 3.63) is 97.1 Å². The van der Waals surface area contributed by atoms with Gasteiger partial charge in [-0.2, -0.15) is 0 Å². The Morgan fingerprint density at radius 2 is 0.500 bits per heavy atom. The molecule has 168 valence electrons. The summed E-state index contributed by atoms with van der Waals surface area (Å²) < 4.78 is 0.